The first-order valence-electron chi connectivity index (χ1n) is 7.56. The molecule has 0 aliphatic carbocycles. The van der Waals surface area contributed by atoms with Gasteiger partial charge in [0, 0.05) is 26.2 Å². The average Bonchev–Trinajstić information content (AvgIpc) is 2.40. The molecule has 124 valence electrons. The van der Waals surface area contributed by atoms with Gasteiger partial charge >= 0.3 is 0 Å². The van der Waals surface area contributed by atoms with Gasteiger partial charge in [-0.15, -0.1) is 0 Å². The molecular formula is C16H33N3O2. The van der Waals surface area contributed by atoms with Crippen LogP contribution in [0.4, 0.5) is 0 Å². The van der Waals surface area contributed by atoms with Crippen LogP contribution in [0.1, 0.15) is 34.1 Å². The van der Waals surface area contributed by atoms with E-state index < -0.39 is 0 Å². The molecule has 0 aliphatic heterocycles. The molecule has 5 heteroatoms. The van der Waals surface area contributed by atoms with Gasteiger partial charge in [0.15, 0.2) is 0 Å². The number of hydrogen-bond donors (Lipinski definition) is 1. The van der Waals surface area contributed by atoms with Crippen molar-refractivity contribution in [1.29, 1.82) is 0 Å². The highest BCUT2D eigenvalue weighted by molar-refractivity contribution is 5.93. The number of hydrogen-bond acceptors (Lipinski definition) is 4. The van der Waals surface area contributed by atoms with Gasteiger partial charge in [-0.25, -0.2) is 0 Å². The third-order valence-electron chi connectivity index (χ3n) is 3.52. The maximum atomic E-state index is 12.6. The van der Waals surface area contributed by atoms with Crippen molar-refractivity contribution in [3.05, 3.63) is 11.8 Å². The van der Waals surface area contributed by atoms with Crippen LogP contribution >= 0.6 is 0 Å². The fraction of sp³-hybridized carbons (Fsp3) is 0.812. The van der Waals surface area contributed by atoms with Crippen LogP contribution in [0.5, 0.6) is 0 Å². The van der Waals surface area contributed by atoms with Crippen molar-refractivity contribution in [2.75, 3.05) is 41.3 Å². The summed E-state index contributed by atoms with van der Waals surface area (Å²) >= 11 is 0. The summed E-state index contributed by atoms with van der Waals surface area (Å²) in [6, 6.07) is 0. The number of amides is 1. The van der Waals surface area contributed by atoms with Crippen LogP contribution in [0.3, 0.4) is 0 Å². The molecule has 0 rings (SSSR count). The molecule has 0 aromatic heterocycles. The number of nitrogens with zero attached hydrogens (tertiary/aromatic N) is 2. The molecule has 0 saturated heterocycles. The lowest BCUT2D eigenvalue weighted by Crippen LogP contribution is -2.47. The van der Waals surface area contributed by atoms with Crippen molar-refractivity contribution in [2.45, 2.75) is 45.8 Å². The van der Waals surface area contributed by atoms with Crippen LogP contribution in [0.15, 0.2) is 11.8 Å². The van der Waals surface area contributed by atoms with Crippen molar-refractivity contribution in [3.8, 4) is 0 Å². The molecule has 1 amide bonds. The number of carbonyl (C=O) groups excluding carboxylic acids is 1. The fourth-order valence-corrected chi connectivity index (χ4v) is 1.77. The minimum Gasteiger partial charge on any atom is -0.378 e. The minimum absolute atomic E-state index is 0.0491. The van der Waals surface area contributed by atoms with Gasteiger partial charge < -0.3 is 19.9 Å². The molecule has 0 aliphatic rings. The second-order valence-electron chi connectivity index (χ2n) is 6.40. The van der Waals surface area contributed by atoms with Crippen molar-refractivity contribution < 1.29 is 9.53 Å². The standard InChI is InChI=1S/C16H33N3O2/c1-9-19(7)14(12-13(2)21-8)15(20)17-16(3,4)10-11-18(5)6/h12-13H,9-11H2,1-8H3,(H,17,20)/b14-12-. The SMILES string of the molecule is CCN(C)/C(=C\C(C)OC)C(=O)NC(C)(C)CCN(C)C. The molecule has 0 bridgehead atoms. The Morgan fingerprint density at radius 2 is 1.90 bits per heavy atom. The number of carbonyl (C=O) groups is 1. The molecule has 5 nitrogen and oxygen atoms in total. The lowest BCUT2D eigenvalue weighted by Gasteiger charge is -2.30. The third kappa shape index (κ3) is 8.07. The van der Waals surface area contributed by atoms with Crippen LogP contribution in [-0.2, 0) is 9.53 Å². The number of ether oxygens (including phenoxy) is 1. The molecule has 0 fully saturated rings. The zero-order valence-electron chi connectivity index (χ0n) is 15.0. The highest BCUT2D eigenvalue weighted by Crippen LogP contribution is 2.12. The second kappa shape index (κ2) is 9.05. The third-order valence-corrected chi connectivity index (χ3v) is 3.52. The summed E-state index contributed by atoms with van der Waals surface area (Å²) in [6.45, 7) is 9.76. The summed E-state index contributed by atoms with van der Waals surface area (Å²) in [5.74, 6) is -0.0491. The Balaban J connectivity index is 4.93. The van der Waals surface area contributed by atoms with Gasteiger partial charge in [0.1, 0.15) is 5.70 Å². The van der Waals surface area contributed by atoms with Crippen molar-refractivity contribution in [1.82, 2.24) is 15.1 Å². The van der Waals surface area contributed by atoms with Gasteiger partial charge in [-0.2, -0.15) is 0 Å². The molecule has 1 unspecified atom stereocenters. The van der Waals surface area contributed by atoms with E-state index in [4.69, 9.17) is 4.74 Å². The molecule has 0 aromatic carbocycles. The van der Waals surface area contributed by atoms with Gasteiger partial charge in [0.05, 0.1) is 6.10 Å². The molecule has 21 heavy (non-hydrogen) atoms. The first-order chi connectivity index (χ1) is 9.62. The Bertz CT molecular complexity index is 351. The van der Waals surface area contributed by atoms with Gasteiger partial charge in [-0.05, 0) is 60.8 Å². The lowest BCUT2D eigenvalue weighted by molar-refractivity contribution is -0.120. The monoisotopic (exact) mass is 299 g/mol. The van der Waals surface area contributed by atoms with Gasteiger partial charge in [-0.1, -0.05) is 0 Å². The Kier molecular flexibility index (Phi) is 8.59. The number of nitrogens with one attached hydrogen (secondary N) is 1. The summed E-state index contributed by atoms with van der Waals surface area (Å²) < 4.78 is 5.24. The van der Waals surface area contributed by atoms with E-state index in [0.717, 1.165) is 19.5 Å². The van der Waals surface area contributed by atoms with Crippen LogP contribution < -0.4 is 5.32 Å². The summed E-state index contributed by atoms with van der Waals surface area (Å²) in [4.78, 5) is 16.6. The second-order valence-corrected chi connectivity index (χ2v) is 6.40. The molecule has 0 radical (unpaired) electrons. The van der Waals surface area contributed by atoms with Crippen molar-refractivity contribution >= 4 is 5.91 Å². The van der Waals surface area contributed by atoms with Crippen LogP contribution in [0.2, 0.25) is 0 Å². The smallest absolute Gasteiger partial charge is 0.267 e. The minimum atomic E-state index is -0.245. The maximum absolute atomic E-state index is 12.6. The van der Waals surface area contributed by atoms with E-state index in [1.807, 2.05) is 46.0 Å². The predicted octanol–water partition coefficient (Wildman–Crippen LogP) is 1.70. The number of rotatable bonds is 9. The van der Waals surface area contributed by atoms with Crippen molar-refractivity contribution in [3.63, 3.8) is 0 Å². The van der Waals surface area contributed by atoms with E-state index in [9.17, 15) is 4.79 Å². The summed E-state index contributed by atoms with van der Waals surface area (Å²) in [7, 11) is 7.63. The van der Waals surface area contributed by atoms with E-state index in [1.165, 1.54) is 0 Å². The molecule has 1 atom stereocenters. The van der Waals surface area contributed by atoms with Crippen molar-refractivity contribution in [2.24, 2.45) is 0 Å². The summed E-state index contributed by atoms with van der Waals surface area (Å²) in [6.07, 6.45) is 2.67. The highest BCUT2D eigenvalue weighted by Gasteiger charge is 2.24. The Morgan fingerprint density at radius 1 is 1.33 bits per heavy atom. The Labute approximate surface area is 130 Å². The Morgan fingerprint density at radius 3 is 2.33 bits per heavy atom. The zero-order valence-corrected chi connectivity index (χ0v) is 15.0. The summed E-state index contributed by atoms with van der Waals surface area (Å²) in [5.41, 5.74) is 0.412. The van der Waals surface area contributed by atoms with Gasteiger partial charge in [-0.3, -0.25) is 4.79 Å². The summed E-state index contributed by atoms with van der Waals surface area (Å²) in [5, 5.41) is 3.13. The molecule has 0 spiro atoms. The van der Waals surface area contributed by atoms with Crippen LogP contribution in [0, 0.1) is 0 Å². The largest absolute Gasteiger partial charge is 0.378 e. The van der Waals surface area contributed by atoms with Crippen LogP contribution in [0.25, 0.3) is 0 Å². The van der Waals surface area contributed by atoms with E-state index in [-0.39, 0.29) is 17.6 Å². The zero-order chi connectivity index (χ0) is 16.6. The first kappa shape index (κ1) is 19.9. The predicted molar refractivity (Wildman–Crippen MR) is 88.3 cm³/mol. The van der Waals surface area contributed by atoms with E-state index in [1.54, 1.807) is 7.11 Å². The molecule has 0 saturated carbocycles. The average molecular weight is 299 g/mol. The van der Waals surface area contributed by atoms with Gasteiger partial charge in [0.25, 0.3) is 5.91 Å². The first-order valence-corrected chi connectivity index (χ1v) is 7.56. The molecular weight excluding hydrogens is 266 g/mol. The molecule has 1 N–H and O–H groups in total. The lowest BCUT2D eigenvalue weighted by atomic mass is 10.00. The quantitative estimate of drug-likeness (QED) is 0.658. The number of likely N-dealkylation sites (N-methyl/N-ethyl adjacent to an activating group) is 1. The highest BCUT2D eigenvalue weighted by atomic mass is 16.5. The fourth-order valence-electron chi connectivity index (χ4n) is 1.77. The van der Waals surface area contributed by atoms with E-state index in [0.29, 0.717) is 5.70 Å². The molecule has 0 heterocycles. The number of methoxy groups -OCH3 is 1. The van der Waals surface area contributed by atoms with E-state index in [2.05, 4.69) is 24.1 Å². The Hall–Kier alpha value is -1.07. The van der Waals surface area contributed by atoms with E-state index >= 15 is 0 Å². The maximum Gasteiger partial charge on any atom is 0.267 e. The molecule has 0 aromatic rings. The van der Waals surface area contributed by atoms with Crippen LogP contribution in [-0.4, -0.2) is 68.7 Å². The normalized spacial score (nSPS) is 14.2. The topological polar surface area (TPSA) is 44.8 Å². The van der Waals surface area contributed by atoms with Gasteiger partial charge in [0.2, 0.25) is 0 Å².